The molecule has 7 heteroatoms. The number of hydrogen-bond acceptors (Lipinski definition) is 4. The third-order valence-corrected chi connectivity index (χ3v) is 5.67. The van der Waals surface area contributed by atoms with Crippen LogP contribution in [0.1, 0.15) is 33.3 Å². The number of hydrogen-bond donors (Lipinski definition) is 1. The van der Waals surface area contributed by atoms with Crippen LogP contribution < -0.4 is 15.5 Å². The van der Waals surface area contributed by atoms with Gasteiger partial charge < -0.3 is 19.4 Å². The molecule has 3 rings (SSSR count). The number of carbonyl (C=O) groups excluding carboxylic acids is 1. The van der Waals surface area contributed by atoms with E-state index in [1.807, 2.05) is 76.2 Å². The summed E-state index contributed by atoms with van der Waals surface area (Å²) in [4.78, 5) is 12.0. The number of alkyl halides is 1. The van der Waals surface area contributed by atoms with Crippen molar-refractivity contribution in [3.8, 4) is 5.75 Å². The maximum Gasteiger partial charge on any atom is 0.494 e. The first-order valence-electron chi connectivity index (χ1n) is 9.24. The Kier molecular flexibility index (Phi) is 6.17. The second-order valence-electron chi connectivity index (χ2n) is 7.80. The number of nitrogens with one attached hydrogen (secondary N) is 1. The Hall–Kier alpha value is -1.83. The molecule has 0 atom stereocenters. The lowest BCUT2D eigenvalue weighted by Crippen LogP contribution is -2.41. The molecule has 148 valence electrons. The first kappa shape index (κ1) is 20.9. The molecule has 5 nitrogen and oxygen atoms in total. The third kappa shape index (κ3) is 4.59. The zero-order chi connectivity index (χ0) is 20.4. The molecule has 0 bridgehead atoms. The largest absolute Gasteiger partial charge is 0.494 e. The molecule has 1 N–H and O–H groups in total. The van der Waals surface area contributed by atoms with Crippen molar-refractivity contribution in [3.05, 3.63) is 54.1 Å². The van der Waals surface area contributed by atoms with E-state index in [0.717, 1.165) is 11.0 Å². The number of anilines is 1. The fourth-order valence-electron chi connectivity index (χ4n) is 2.82. The second kappa shape index (κ2) is 8.27. The molecule has 1 saturated heterocycles. The molecule has 1 heterocycles. The Morgan fingerprint density at radius 3 is 2.32 bits per heavy atom. The summed E-state index contributed by atoms with van der Waals surface area (Å²) in [5, 5.41) is 3.08. The van der Waals surface area contributed by atoms with E-state index in [4.69, 9.17) is 14.0 Å². The minimum atomic E-state index is -0.507. The van der Waals surface area contributed by atoms with Crippen LogP contribution in [-0.2, 0) is 20.7 Å². The van der Waals surface area contributed by atoms with Crippen molar-refractivity contribution in [1.29, 1.82) is 0 Å². The standard InChI is InChI=1S/C21H25BBrNO4/c1-20(2)21(3,4)28-22(27-20)16-10-11-18(17(12-16)24-19(25)13-23)26-14-15-8-6-5-7-9-15/h5-12H,13-14H2,1-4H3,(H,24,25). The molecule has 28 heavy (non-hydrogen) atoms. The summed E-state index contributed by atoms with van der Waals surface area (Å²) < 4.78 is 18.2. The van der Waals surface area contributed by atoms with E-state index >= 15 is 0 Å². The maximum absolute atomic E-state index is 12.0. The summed E-state index contributed by atoms with van der Waals surface area (Å²) in [7, 11) is -0.507. The molecule has 0 aromatic heterocycles. The smallest absolute Gasteiger partial charge is 0.487 e. The minimum absolute atomic E-state index is 0.157. The van der Waals surface area contributed by atoms with E-state index < -0.39 is 18.3 Å². The molecule has 0 radical (unpaired) electrons. The number of benzene rings is 2. The Morgan fingerprint density at radius 2 is 1.71 bits per heavy atom. The lowest BCUT2D eigenvalue weighted by molar-refractivity contribution is -0.113. The monoisotopic (exact) mass is 445 g/mol. The molecule has 1 fully saturated rings. The zero-order valence-corrected chi connectivity index (χ0v) is 18.2. The average Bonchev–Trinajstić information content (AvgIpc) is 2.88. The molecule has 0 spiro atoms. The van der Waals surface area contributed by atoms with Gasteiger partial charge in [-0.05, 0) is 50.9 Å². The van der Waals surface area contributed by atoms with Gasteiger partial charge in [0.15, 0.2) is 0 Å². The Labute approximate surface area is 175 Å². The van der Waals surface area contributed by atoms with Crippen LogP contribution in [0.4, 0.5) is 5.69 Å². The molecule has 0 saturated carbocycles. The van der Waals surface area contributed by atoms with E-state index in [1.165, 1.54) is 0 Å². The molecule has 2 aromatic rings. The fraction of sp³-hybridized carbons (Fsp3) is 0.381. The Balaban J connectivity index is 1.84. The summed E-state index contributed by atoms with van der Waals surface area (Å²) in [5.74, 6) is 0.439. The van der Waals surface area contributed by atoms with Gasteiger partial charge in [-0.1, -0.05) is 52.3 Å². The lowest BCUT2D eigenvalue weighted by atomic mass is 9.79. The predicted molar refractivity (Wildman–Crippen MR) is 115 cm³/mol. The van der Waals surface area contributed by atoms with Gasteiger partial charge in [0.05, 0.1) is 22.2 Å². The fourth-order valence-corrected chi connectivity index (χ4v) is 2.96. The molecule has 1 aliphatic rings. The molecular formula is C21H25BBrNO4. The van der Waals surface area contributed by atoms with Crippen molar-refractivity contribution in [2.24, 2.45) is 0 Å². The van der Waals surface area contributed by atoms with Crippen LogP contribution in [0, 0.1) is 0 Å². The van der Waals surface area contributed by atoms with E-state index in [0.29, 0.717) is 18.0 Å². The van der Waals surface area contributed by atoms with Gasteiger partial charge in [0, 0.05) is 0 Å². The van der Waals surface area contributed by atoms with Crippen LogP contribution in [0.5, 0.6) is 5.75 Å². The van der Waals surface area contributed by atoms with Gasteiger partial charge in [0.2, 0.25) is 5.91 Å². The second-order valence-corrected chi connectivity index (χ2v) is 8.36. The van der Waals surface area contributed by atoms with Gasteiger partial charge in [-0.15, -0.1) is 0 Å². The SMILES string of the molecule is CC1(C)OB(c2ccc(OCc3ccccc3)c(NC(=O)CBr)c2)OC1(C)C. The summed E-state index contributed by atoms with van der Waals surface area (Å²) in [5.41, 5.74) is 1.61. The normalized spacial score (nSPS) is 17.4. The third-order valence-electron chi connectivity index (χ3n) is 5.16. The summed E-state index contributed by atoms with van der Waals surface area (Å²) in [6, 6.07) is 15.5. The number of carbonyl (C=O) groups is 1. The van der Waals surface area contributed by atoms with E-state index in [2.05, 4.69) is 21.2 Å². The van der Waals surface area contributed by atoms with E-state index in [-0.39, 0.29) is 11.2 Å². The van der Waals surface area contributed by atoms with Crippen molar-refractivity contribution >= 4 is 40.1 Å². The van der Waals surface area contributed by atoms with Gasteiger partial charge in [-0.3, -0.25) is 4.79 Å². The van der Waals surface area contributed by atoms with Gasteiger partial charge >= 0.3 is 7.12 Å². The molecule has 0 unspecified atom stereocenters. The quantitative estimate of drug-likeness (QED) is 0.541. The van der Waals surface area contributed by atoms with Crippen LogP contribution in [0.25, 0.3) is 0 Å². The number of amides is 1. The van der Waals surface area contributed by atoms with E-state index in [9.17, 15) is 4.79 Å². The molecule has 0 aliphatic carbocycles. The first-order valence-corrected chi connectivity index (χ1v) is 10.4. The maximum atomic E-state index is 12.0. The molecule has 1 aliphatic heterocycles. The summed E-state index contributed by atoms with van der Waals surface area (Å²) in [6.07, 6.45) is 0. The van der Waals surface area contributed by atoms with Gasteiger partial charge in [0.1, 0.15) is 12.4 Å². The summed E-state index contributed by atoms with van der Waals surface area (Å²) >= 11 is 3.18. The Bertz CT molecular complexity index is 826. The van der Waals surface area contributed by atoms with Crippen molar-refractivity contribution < 1.29 is 18.8 Å². The highest BCUT2D eigenvalue weighted by Gasteiger charge is 2.51. The van der Waals surface area contributed by atoms with Crippen LogP contribution >= 0.6 is 15.9 Å². The topological polar surface area (TPSA) is 56.8 Å². The molecular weight excluding hydrogens is 421 g/mol. The van der Waals surface area contributed by atoms with Crippen molar-refractivity contribution in [1.82, 2.24) is 0 Å². The number of ether oxygens (including phenoxy) is 1. The first-order chi connectivity index (χ1) is 13.2. The van der Waals surface area contributed by atoms with Gasteiger partial charge in [-0.2, -0.15) is 0 Å². The van der Waals surface area contributed by atoms with Crippen molar-refractivity contribution in [3.63, 3.8) is 0 Å². The molecule has 1 amide bonds. The van der Waals surface area contributed by atoms with Crippen LogP contribution in [0.15, 0.2) is 48.5 Å². The van der Waals surface area contributed by atoms with Gasteiger partial charge in [-0.25, -0.2) is 0 Å². The minimum Gasteiger partial charge on any atom is -0.487 e. The lowest BCUT2D eigenvalue weighted by Gasteiger charge is -2.32. The molecule has 2 aromatic carbocycles. The number of halogens is 1. The van der Waals surface area contributed by atoms with E-state index in [1.54, 1.807) is 0 Å². The van der Waals surface area contributed by atoms with Crippen LogP contribution in [0.3, 0.4) is 0 Å². The Morgan fingerprint density at radius 1 is 1.07 bits per heavy atom. The van der Waals surface area contributed by atoms with Crippen molar-refractivity contribution in [2.75, 3.05) is 10.6 Å². The van der Waals surface area contributed by atoms with Crippen LogP contribution in [-0.4, -0.2) is 29.6 Å². The highest BCUT2D eigenvalue weighted by atomic mass is 79.9. The highest BCUT2D eigenvalue weighted by molar-refractivity contribution is 9.09. The van der Waals surface area contributed by atoms with Crippen LogP contribution in [0.2, 0.25) is 0 Å². The zero-order valence-electron chi connectivity index (χ0n) is 16.6. The van der Waals surface area contributed by atoms with Crippen molar-refractivity contribution in [2.45, 2.75) is 45.5 Å². The summed E-state index contributed by atoms with van der Waals surface area (Å²) in [6.45, 7) is 8.46. The number of rotatable bonds is 6. The van der Waals surface area contributed by atoms with Gasteiger partial charge in [0.25, 0.3) is 0 Å². The predicted octanol–water partition coefficient (Wildman–Crippen LogP) is 3.90. The highest BCUT2D eigenvalue weighted by Crippen LogP contribution is 2.37. The average molecular weight is 446 g/mol.